The number of carbonyl (C=O) groups is 1. The number of hydrogen-bond acceptors (Lipinski definition) is 3. The van der Waals surface area contributed by atoms with Crippen molar-refractivity contribution in [3.8, 4) is 0 Å². The summed E-state index contributed by atoms with van der Waals surface area (Å²) < 4.78 is 0. The van der Waals surface area contributed by atoms with Crippen LogP contribution in [0.1, 0.15) is 19.3 Å². The Morgan fingerprint density at radius 2 is 1.92 bits per heavy atom. The van der Waals surface area contributed by atoms with E-state index in [1.54, 1.807) is 0 Å². The fourth-order valence-corrected chi connectivity index (χ4v) is 2.01. The first-order chi connectivity index (χ1) is 6.19. The normalized spacial score (nSPS) is 34.5. The molecule has 76 valence electrons. The first-order valence-corrected chi connectivity index (χ1v) is 4.63. The zero-order chi connectivity index (χ0) is 9.84. The van der Waals surface area contributed by atoms with Crippen LogP contribution in [0.15, 0.2) is 0 Å². The molecule has 0 heterocycles. The van der Waals surface area contributed by atoms with Gasteiger partial charge in [0.25, 0.3) is 0 Å². The molecule has 0 aromatic heterocycles. The van der Waals surface area contributed by atoms with E-state index in [0.717, 1.165) is 6.42 Å². The number of hydrogen-bond donors (Lipinski definition) is 3. The summed E-state index contributed by atoms with van der Waals surface area (Å²) in [6.45, 7) is -0.00293. The lowest BCUT2D eigenvalue weighted by Gasteiger charge is -2.31. The van der Waals surface area contributed by atoms with Crippen molar-refractivity contribution in [3.63, 3.8) is 0 Å². The molecule has 0 bridgehead atoms. The van der Waals surface area contributed by atoms with Crippen molar-refractivity contribution < 1.29 is 20.1 Å². The molecule has 1 aliphatic carbocycles. The van der Waals surface area contributed by atoms with Crippen molar-refractivity contribution >= 4 is 5.97 Å². The van der Waals surface area contributed by atoms with Gasteiger partial charge in [-0.25, -0.2) is 0 Å². The Morgan fingerprint density at radius 1 is 1.23 bits per heavy atom. The molecule has 0 aliphatic heterocycles. The third-order valence-electron chi connectivity index (χ3n) is 2.91. The van der Waals surface area contributed by atoms with E-state index in [1.165, 1.54) is 0 Å². The van der Waals surface area contributed by atoms with Crippen LogP contribution in [0.25, 0.3) is 0 Å². The summed E-state index contributed by atoms with van der Waals surface area (Å²) in [6.07, 6.45) is 2.03. The van der Waals surface area contributed by atoms with E-state index < -0.39 is 11.9 Å². The molecule has 4 heteroatoms. The summed E-state index contributed by atoms with van der Waals surface area (Å²) in [5, 5.41) is 26.7. The quantitative estimate of drug-likeness (QED) is 0.586. The second-order valence-electron chi connectivity index (χ2n) is 3.75. The van der Waals surface area contributed by atoms with Crippen LogP contribution in [-0.2, 0) is 4.79 Å². The summed E-state index contributed by atoms with van der Waals surface area (Å²) in [4.78, 5) is 10.8. The molecule has 0 saturated heterocycles. The molecule has 3 N–H and O–H groups in total. The molecule has 1 fully saturated rings. The predicted molar refractivity (Wildman–Crippen MR) is 46.1 cm³/mol. The van der Waals surface area contributed by atoms with Gasteiger partial charge in [0.15, 0.2) is 0 Å². The monoisotopic (exact) mass is 188 g/mol. The first kappa shape index (κ1) is 10.5. The fourth-order valence-electron chi connectivity index (χ4n) is 2.01. The van der Waals surface area contributed by atoms with E-state index >= 15 is 0 Å². The smallest absolute Gasteiger partial charge is 0.306 e. The summed E-state index contributed by atoms with van der Waals surface area (Å²) in [5.41, 5.74) is 0. The maximum atomic E-state index is 10.8. The topological polar surface area (TPSA) is 77.8 Å². The van der Waals surface area contributed by atoms with E-state index in [9.17, 15) is 4.79 Å². The van der Waals surface area contributed by atoms with Gasteiger partial charge in [0.1, 0.15) is 0 Å². The first-order valence-electron chi connectivity index (χ1n) is 4.63. The lowest BCUT2D eigenvalue weighted by Crippen LogP contribution is -2.33. The lowest BCUT2D eigenvalue weighted by atomic mass is 9.74. The van der Waals surface area contributed by atoms with E-state index in [2.05, 4.69) is 0 Å². The van der Waals surface area contributed by atoms with Gasteiger partial charge < -0.3 is 15.3 Å². The van der Waals surface area contributed by atoms with Gasteiger partial charge in [-0.2, -0.15) is 0 Å². The molecule has 1 rings (SSSR count). The number of carboxylic acid groups (broad SMARTS) is 1. The second kappa shape index (κ2) is 4.58. The van der Waals surface area contributed by atoms with E-state index in [4.69, 9.17) is 15.3 Å². The molecule has 0 aromatic carbocycles. The van der Waals surface area contributed by atoms with E-state index in [-0.39, 0.29) is 25.0 Å². The Bertz CT molecular complexity index is 180. The molecule has 0 aromatic rings. The molecule has 4 nitrogen and oxygen atoms in total. The average Bonchev–Trinajstić information content (AvgIpc) is 2.16. The van der Waals surface area contributed by atoms with Crippen LogP contribution in [0.2, 0.25) is 0 Å². The minimum Gasteiger partial charge on any atom is -0.481 e. The largest absolute Gasteiger partial charge is 0.481 e. The molecule has 0 radical (unpaired) electrons. The van der Waals surface area contributed by atoms with Crippen LogP contribution < -0.4 is 0 Å². The van der Waals surface area contributed by atoms with E-state index in [0.29, 0.717) is 12.8 Å². The van der Waals surface area contributed by atoms with Gasteiger partial charge >= 0.3 is 5.97 Å². The van der Waals surface area contributed by atoms with Crippen molar-refractivity contribution in [2.75, 3.05) is 13.2 Å². The highest BCUT2D eigenvalue weighted by Gasteiger charge is 2.34. The van der Waals surface area contributed by atoms with Crippen molar-refractivity contribution in [1.82, 2.24) is 0 Å². The summed E-state index contributed by atoms with van der Waals surface area (Å²) in [7, 11) is 0. The zero-order valence-electron chi connectivity index (χ0n) is 7.52. The summed E-state index contributed by atoms with van der Waals surface area (Å²) >= 11 is 0. The molecular weight excluding hydrogens is 172 g/mol. The standard InChI is InChI=1S/C9H16O4/c10-4-6-1-2-7(5-11)8(3-6)9(12)13/h6-8,10-11H,1-5H2,(H,12,13). The summed E-state index contributed by atoms with van der Waals surface area (Å²) in [5.74, 6) is -1.35. The number of aliphatic hydroxyl groups is 2. The van der Waals surface area contributed by atoms with Crippen LogP contribution in [0.3, 0.4) is 0 Å². The highest BCUT2D eigenvalue weighted by Crippen LogP contribution is 2.33. The molecule has 1 saturated carbocycles. The van der Waals surface area contributed by atoms with Crippen molar-refractivity contribution in [2.45, 2.75) is 19.3 Å². The zero-order valence-corrected chi connectivity index (χ0v) is 7.52. The third-order valence-corrected chi connectivity index (χ3v) is 2.91. The van der Waals surface area contributed by atoms with E-state index in [1.807, 2.05) is 0 Å². The number of aliphatic hydroxyl groups excluding tert-OH is 2. The van der Waals surface area contributed by atoms with Crippen LogP contribution in [0, 0.1) is 17.8 Å². The lowest BCUT2D eigenvalue weighted by molar-refractivity contribution is -0.146. The van der Waals surface area contributed by atoms with Gasteiger partial charge in [0.05, 0.1) is 5.92 Å². The van der Waals surface area contributed by atoms with Crippen LogP contribution in [-0.4, -0.2) is 34.5 Å². The summed E-state index contributed by atoms with van der Waals surface area (Å²) in [6, 6.07) is 0. The molecule has 13 heavy (non-hydrogen) atoms. The van der Waals surface area contributed by atoms with Gasteiger partial charge in [0.2, 0.25) is 0 Å². The Morgan fingerprint density at radius 3 is 2.38 bits per heavy atom. The van der Waals surface area contributed by atoms with Gasteiger partial charge in [-0.1, -0.05) is 0 Å². The Kier molecular flexibility index (Phi) is 3.69. The van der Waals surface area contributed by atoms with Crippen LogP contribution >= 0.6 is 0 Å². The average molecular weight is 188 g/mol. The highest BCUT2D eigenvalue weighted by molar-refractivity contribution is 5.70. The third kappa shape index (κ3) is 2.42. The maximum Gasteiger partial charge on any atom is 0.306 e. The van der Waals surface area contributed by atoms with Crippen molar-refractivity contribution in [2.24, 2.45) is 17.8 Å². The molecule has 0 spiro atoms. The minimum atomic E-state index is -0.850. The molecule has 3 unspecified atom stereocenters. The number of rotatable bonds is 3. The Balaban J connectivity index is 2.57. The number of carboxylic acids is 1. The molecule has 1 aliphatic rings. The van der Waals surface area contributed by atoms with Crippen molar-refractivity contribution in [1.29, 1.82) is 0 Å². The van der Waals surface area contributed by atoms with Crippen molar-refractivity contribution in [3.05, 3.63) is 0 Å². The van der Waals surface area contributed by atoms with Gasteiger partial charge in [0, 0.05) is 13.2 Å². The van der Waals surface area contributed by atoms with Gasteiger partial charge in [-0.3, -0.25) is 4.79 Å². The van der Waals surface area contributed by atoms with Gasteiger partial charge in [-0.15, -0.1) is 0 Å². The molecular formula is C9H16O4. The van der Waals surface area contributed by atoms with Crippen LogP contribution in [0.4, 0.5) is 0 Å². The maximum absolute atomic E-state index is 10.8. The molecule has 0 amide bonds. The fraction of sp³-hybridized carbons (Fsp3) is 0.889. The predicted octanol–water partition coefficient (Wildman–Crippen LogP) is 0.0881. The minimum absolute atomic E-state index is 0.0575. The SMILES string of the molecule is O=C(O)C1CC(CO)CCC1CO. The Labute approximate surface area is 77.2 Å². The molecule has 3 atom stereocenters. The van der Waals surface area contributed by atoms with Crippen LogP contribution in [0.5, 0.6) is 0 Å². The number of aliphatic carboxylic acids is 1. The second-order valence-corrected chi connectivity index (χ2v) is 3.75. The Hall–Kier alpha value is -0.610. The highest BCUT2D eigenvalue weighted by atomic mass is 16.4. The van der Waals surface area contributed by atoms with Gasteiger partial charge in [-0.05, 0) is 31.1 Å².